The average molecular weight is 314 g/mol. The number of nitrogens with zero attached hydrogens (tertiary/aromatic N) is 3. The fourth-order valence-electron chi connectivity index (χ4n) is 3.24. The van der Waals surface area contributed by atoms with E-state index in [0.717, 1.165) is 33.4 Å². The lowest BCUT2D eigenvalue weighted by Gasteiger charge is -2.08. The van der Waals surface area contributed by atoms with Crippen LogP contribution in [0.4, 0.5) is 0 Å². The largest absolute Gasteiger partial charge is 0.328 e. The summed E-state index contributed by atoms with van der Waals surface area (Å²) >= 11 is 0. The van der Waals surface area contributed by atoms with E-state index in [1.165, 1.54) is 0 Å². The van der Waals surface area contributed by atoms with Crippen LogP contribution in [0.25, 0.3) is 33.4 Å². The van der Waals surface area contributed by atoms with Gasteiger partial charge in [0.15, 0.2) is 0 Å². The first-order valence-corrected chi connectivity index (χ1v) is 7.88. The smallest absolute Gasteiger partial charge is 0.146 e. The standard InChI is InChI=1S/C20H18N4/c1-23-13-22-20-17(19(23)21)16(14-9-5-3-6-10-14)18(24(20)2)15-11-7-4-8-12-15/h3-13,21H,1-2H3. The van der Waals surface area contributed by atoms with Crippen LogP contribution in [0.3, 0.4) is 0 Å². The summed E-state index contributed by atoms with van der Waals surface area (Å²) in [5, 5.41) is 9.44. The van der Waals surface area contributed by atoms with Crippen LogP contribution in [0.15, 0.2) is 67.0 Å². The number of hydrogen-bond acceptors (Lipinski definition) is 2. The van der Waals surface area contributed by atoms with Gasteiger partial charge in [-0.15, -0.1) is 0 Å². The number of fused-ring (bicyclic) bond motifs is 1. The molecule has 2 aromatic carbocycles. The molecule has 4 nitrogen and oxygen atoms in total. The fraction of sp³-hybridized carbons (Fsp3) is 0.100. The molecule has 4 aromatic rings. The van der Waals surface area contributed by atoms with Crippen LogP contribution in [0.2, 0.25) is 0 Å². The van der Waals surface area contributed by atoms with Crippen LogP contribution in [-0.2, 0) is 14.1 Å². The molecule has 0 amide bonds. The molecule has 0 unspecified atom stereocenters. The summed E-state index contributed by atoms with van der Waals surface area (Å²) in [4.78, 5) is 4.58. The van der Waals surface area contributed by atoms with Crippen molar-refractivity contribution in [3.05, 3.63) is 72.5 Å². The van der Waals surface area contributed by atoms with Gasteiger partial charge in [-0.3, -0.25) is 5.41 Å². The van der Waals surface area contributed by atoms with Gasteiger partial charge in [-0.1, -0.05) is 60.7 Å². The average Bonchev–Trinajstić information content (AvgIpc) is 2.93. The van der Waals surface area contributed by atoms with Gasteiger partial charge in [0.25, 0.3) is 0 Å². The topological polar surface area (TPSA) is 46.6 Å². The predicted molar refractivity (Wildman–Crippen MR) is 96.4 cm³/mol. The van der Waals surface area contributed by atoms with E-state index in [0.29, 0.717) is 5.49 Å². The SMILES string of the molecule is Cn1cnc2c(c(-c3ccccc3)c(-c3ccccc3)n2C)c1=N. The summed E-state index contributed by atoms with van der Waals surface area (Å²) in [5.41, 5.74) is 5.67. The molecule has 0 spiro atoms. The summed E-state index contributed by atoms with van der Waals surface area (Å²) < 4.78 is 3.84. The first-order valence-electron chi connectivity index (χ1n) is 7.88. The van der Waals surface area contributed by atoms with Crippen molar-refractivity contribution < 1.29 is 0 Å². The highest BCUT2D eigenvalue weighted by molar-refractivity contribution is 6.02. The van der Waals surface area contributed by atoms with Crippen molar-refractivity contribution in [3.8, 4) is 22.4 Å². The van der Waals surface area contributed by atoms with Crippen LogP contribution in [-0.4, -0.2) is 14.1 Å². The van der Waals surface area contributed by atoms with Crippen LogP contribution >= 0.6 is 0 Å². The molecule has 0 aliphatic rings. The second-order valence-corrected chi connectivity index (χ2v) is 5.92. The molecule has 0 saturated carbocycles. The zero-order valence-electron chi connectivity index (χ0n) is 13.7. The number of hydrogen-bond donors (Lipinski definition) is 1. The Hall–Kier alpha value is -3.14. The van der Waals surface area contributed by atoms with Crippen molar-refractivity contribution in [3.63, 3.8) is 0 Å². The zero-order valence-corrected chi connectivity index (χ0v) is 13.7. The van der Waals surface area contributed by atoms with Crippen molar-refractivity contribution >= 4 is 11.0 Å². The van der Waals surface area contributed by atoms with Gasteiger partial charge in [0, 0.05) is 19.7 Å². The number of nitrogens with one attached hydrogen (secondary N) is 1. The summed E-state index contributed by atoms with van der Waals surface area (Å²) in [5.74, 6) is 0. The molecular formula is C20H18N4. The van der Waals surface area contributed by atoms with Crippen LogP contribution in [0.1, 0.15) is 0 Å². The Labute approximate surface area is 140 Å². The molecule has 0 fully saturated rings. The molecule has 4 heteroatoms. The summed E-state index contributed by atoms with van der Waals surface area (Å²) in [6, 6.07) is 20.6. The molecule has 118 valence electrons. The summed E-state index contributed by atoms with van der Waals surface area (Å²) in [6.07, 6.45) is 1.70. The Bertz CT molecular complexity index is 1070. The molecule has 2 aromatic heterocycles. The van der Waals surface area contributed by atoms with Gasteiger partial charge < -0.3 is 9.13 Å². The number of rotatable bonds is 2. The molecule has 24 heavy (non-hydrogen) atoms. The lowest BCUT2D eigenvalue weighted by atomic mass is 9.99. The Morgan fingerprint density at radius 3 is 2.04 bits per heavy atom. The monoisotopic (exact) mass is 314 g/mol. The van der Waals surface area contributed by atoms with E-state index in [-0.39, 0.29) is 0 Å². The minimum Gasteiger partial charge on any atom is -0.328 e. The molecular weight excluding hydrogens is 296 g/mol. The second kappa shape index (κ2) is 5.49. The van der Waals surface area contributed by atoms with Gasteiger partial charge in [-0.25, -0.2) is 4.98 Å². The molecule has 4 rings (SSSR count). The molecule has 0 aliphatic carbocycles. The molecule has 1 N–H and O–H groups in total. The molecule has 0 bridgehead atoms. The Kier molecular flexibility index (Phi) is 3.31. The highest BCUT2D eigenvalue weighted by atomic mass is 15.1. The van der Waals surface area contributed by atoms with Gasteiger partial charge in [-0.2, -0.15) is 0 Å². The van der Waals surface area contributed by atoms with Crippen molar-refractivity contribution in [2.24, 2.45) is 14.1 Å². The Morgan fingerprint density at radius 1 is 0.833 bits per heavy atom. The molecule has 0 radical (unpaired) electrons. The fourth-order valence-corrected chi connectivity index (χ4v) is 3.24. The lowest BCUT2D eigenvalue weighted by Crippen LogP contribution is -2.17. The quantitative estimate of drug-likeness (QED) is 0.602. The van der Waals surface area contributed by atoms with Crippen molar-refractivity contribution in [1.82, 2.24) is 14.1 Å². The van der Waals surface area contributed by atoms with Crippen molar-refractivity contribution in [1.29, 1.82) is 5.41 Å². The third kappa shape index (κ3) is 2.07. The van der Waals surface area contributed by atoms with Crippen LogP contribution in [0, 0.1) is 5.41 Å². The minimum atomic E-state index is 0.469. The maximum atomic E-state index is 8.56. The molecule has 2 heterocycles. The number of aromatic nitrogens is 3. The third-order valence-electron chi connectivity index (χ3n) is 4.42. The highest BCUT2D eigenvalue weighted by Crippen LogP contribution is 2.37. The van der Waals surface area contributed by atoms with Crippen molar-refractivity contribution in [2.75, 3.05) is 0 Å². The zero-order chi connectivity index (χ0) is 16.7. The van der Waals surface area contributed by atoms with E-state index in [1.807, 2.05) is 50.5 Å². The Morgan fingerprint density at radius 2 is 1.42 bits per heavy atom. The minimum absolute atomic E-state index is 0.469. The molecule has 0 saturated heterocycles. The van der Waals surface area contributed by atoms with Crippen molar-refractivity contribution in [2.45, 2.75) is 0 Å². The second-order valence-electron chi connectivity index (χ2n) is 5.92. The van der Waals surface area contributed by atoms with E-state index in [4.69, 9.17) is 5.41 Å². The maximum absolute atomic E-state index is 8.56. The summed E-state index contributed by atoms with van der Waals surface area (Å²) in [6.45, 7) is 0. The highest BCUT2D eigenvalue weighted by Gasteiger charge is 2.20. The van der Waals surface area contributed by atoms with E-state index in [1.54, 1.807) is 10.9 Å². The molecule has 0 atom stereocenters. The predicted octanol–water partition coefficient (Wildman–Crippen LogP) is 3.73. The van der Waals surface area contributed by atoms with E-state index < -0.39 is 0 Å². The van der Waals surface area contributed by atoms with E-state index in [2.05, 4.69) is 33.8 Å². The van der Waals surface area contributed by atoms with Gasteiger partial charge in [-0.05, 0) is 11.1 Å². The maximum Gasteiger partial charge on any atom is 0.146 e. The lowest BCUT2D eigenvalue weighted by molar-refractivity contribution is 0.799. The van der Waals surface area contributed by atoms with Gasteiger partial charge >= 0.3 is 0 Å². The first-order chi connectivity index (χ1) is 11.7. The normalized spacial score (nSPS) is 11.1. The van der Waals surface area contributed by atoms with Crippen LogP contribution in [0.5, 0.6) is 0 Å². The Balaban J connectivity index is 2.22. The van der Waals surface area contributed by atoms with Crippen LogP contribution < -0.4 is 5.49 Å². The third-order valence-corrected chi connectivity index (χ3v) is 4.42. The number of benzene rings is 2. The van der Waals surface area contributed by atoms with Gasteiger partial charge in [0.1, 0.15) is 11.1 Å². The van der Waals surface area contributed by atoms with Gasteiger partial charge in [0.05, 0.1) is 17.4 Å². The number of aryl methyl sites for hydroxylation is 2. The first kappa shape index (κ1) is 14.5. The molecule has 0 aliphatic heterocycles. The van der Waals surface area contributed by atoms with E-state index in [9.17, 15) is 0 Å². The van der Waals surface area contributed by atoms with E-state index >= 15 is 0 Å². The van der Waals surface area contributed by atoms with Gasteiger partial charge in [0.2, 0.25) is 0 Å². The summed E-state index contributed by atoms with van der Waals surface area (Å²) in [7, 11) is 3.88.